The summed E-state index contributed by atoms with van der Waals surface area (Å²) in [5.74, 6) is -1.24. The van der Waals surface area contributed by atoms with Crippen molar-refractivity contribution in [3.05, 3.63) is 68.7 Å². The normalized spacial score (nSPS) is 12.5. The van der Waals surface area contributed by atoms with Crippen LogP contribution in [0.25, 0.3) is 0 Å². The fourth-order valence-corrected chi connectivity index (χ4v) is 3.62. The maximum atomic E-state index is 12.5. The van der Waals surface area contributed by atoms with Crippen LogP contribution in [0.5, 0.6) is 0 Å². The zero-order chi connectivity index (χ0) is 18.6. The Labute approximate surface area is 151 Å². The van der Waals surface area contributed by atoms with Gasteiger partial charge in [0.2, 0.25) is 10.0 Å². The van der Waals surface area contributed by atoms with E-state index in [2.05, 4.69) is 20.7 Å². The Balaban J connectivity index is 2.38. The standard InChI is InChI=1S/C15H13BrN2O6S/c16-11-4-6-13(7-5-11)25(23,24)17-14(9-15(19)20)10-2-1-3-12(8-10)18(21)22/h1-8,14,17H,9H2,(H,19,20). The number of sulfonamides is 1. The fraction of sp³-hybridized carbons (Fsp3) is 0.133. The van der Waals surface area contributed by atoms with E-state index in [4.69, 9.17) is 5.11 Å². The molecule has 0 saturated heterocycles. The molecule has 0 amide bonds. The number of nitro benzene ring substituents is 1. The first-order chi connectivity index (χ1) is 11.7. The summed E-state index contributed by atoms with van der Waals surface area (Å²) in [4.78, 5) is 21.3. The van der Waals surface area contributed by atoms with Crippen molar-refractivity contribution >= 4 is 37.6 Å². The molecule has 132 valence electrons. The van der Waals surface area contributed by atoms with Crippen molar-refractivity contribution in [1.82, 2.24) is 4.72 Å². The molecule has 0 aliphatic rings. The lowest BCUT2D eigenvalue weighted by molar-refractivity contribution is -0.384. The van der Waals surface area contributed by atoms with Gasteiger partial charge in [-0.2, -0.15) is 0 Å². The Morgan fingerprint density at radius 1 is 1.24 bits per heavy atom. The molecule has 2 aromatic rings. The second-order valence-corrected chi connectivity index (χ2v) is 7.71. The third-order valence-corrected chi connectivity index (χ3v) is 5.30. The molecule has 0 aliphatic carbocycles. The molecule has 1 atom stereocenters. The number of nitrogens with zero attached hydrogens (tertiary/aromatic N) is 1. The largest absolute Gasteiger partial charge is 0.481 e. The molecule has 1 unspecified atom stereocenters. The van der Waals surface area contributed by atoms with E-state index in [0.29, 0.717) is 4.47 Å². The molecule has 2 N–H and O–H groups in total. The van der Waals surface area contributed by atoms with Crippen LogP contribution >= 0.6 is 15.9 Å². The Hall–Kier alpha value is -2.30. The molecule has 0 saturated carbocycles. The van der Waals surface area contributed by atoms with Gasteiger partial charge in [-0.1, -0.05) is 28.1 Å². The highest BCUT2D eigenvalue weighted by Crippen LogP contribution is 2.24. The van der Waals surface area contributed by atoms with Gasteiger partial charge in [-0.3, -0.25) is 14.9 Å². The van der Waals surface area contributed by atoms with Crippen molar-refractivity contribution in [1.29, 1.82) is 0 Å². The van der Waals surface area contributed by atoms with Crippen LogP contribution in [0.15, 0.2) is 57.9 Å². The highest BCUT2D eigenvalue weighted by Gasteiger charge is 2.24. The molecule has 25 heavy (non-hydrogen) atoms. The molecule has 2 rings (SSSR count). The van der Waals surface area contributed by atoms with E-state index in [1.165, 1.54) is 42.5 Å². The topological polar surface area (TPSA) is 127 Å². The minimum absolute atomic E-state index is 0.0449. The van der Waals surface area contributed by atoms with Gasteiger partial charge in [-0.25, -0.2) is 13.1 Å². The molecular formula is C15H13BrN2O6S. The summed E-state index contributed by atoms with van der Waals surface area (Å²) in [7, 11) is -4.01. The van der Waals surface area contributed by atoms with Crippen LogP contribution in [0.1, 0.15) is 18.0 Å². The van der Waals surface area contributed by atoms with Crippen LogP contribution in [0, 0.1) is 10.1 Å². The van der Waals surface area contributed by atoms with E-state index in [1.54, 1.807) is 0 Å². The van der Waals surface area contributed by atoms with Gasteiger partial charge in [0, 0.05) is 16.6 Å². The average Bonchev–Trinajstić information content (AvgIpc) is 2.54. The molecule has 0 aromatic heterocycles. The van der Waals surface area contributed by atoms with E-state index in [1.807, 2.05) is 0 Å². The van der Waals surface area contributed by atoms with Crippen LogP contribution in [-0.2, 0) is 14.8 Å². The molecule has 0 spiro atoms. The lowest BCUT2D eigenvalue weighted by Gasteiger charge is -2.17. The van der Waals surface area contributed by atoms with Crippen LogP contribution in [-0.4, -0.2) is 24.4 Å². The van der Waals surface area contributed by atoms with Gasteiger partial charge in [-0.15, -0.1) is 0 Å². The van der Waals surface area contributed by atoms with Gasteiger partial charge in [0.25, 0.3) is 5.69 Å². The summed E-state index contributed by atoms with van der Waals surface area (Å²) in [5.41, 5.74) is -0.0620. The third kappa shape index (κ3) is 5.08. The van der Waals surface area contributed by atoms with Crippen molar-refractivity contribution in [2.24, 2.45) is 0 Å². The van der Waals surface area contributed by atoms with Gasteiger partial charge < -0.3 is 5.11 Å². The smallest absolute Gasteiger partial charge is 0.305 e. The number of halogens is 1. The molecule has 2 aromatic carbocycles. The van der Waals surface area contributed by atoms with Crippen LogP contribution in [0.3, 0.4) is 0 Å². The van der Waals surface area contributed by atoms with Gasteiger partial charge in [0.15, 0.2) is 0 Å². The molecule has 0 bridgehead atoms. The summed E-state index contributed by atoms with van der Waals surface area (Å²) in [5, 5.41) is 19.9. The Bertz CT molecular complexity index is 898. The predicted octanol–water partition coefficient (Wildman–Crippen LogP) is 2.85. The van der Waals surface area contributed by atoms with Crippen molar-refractivity contribution < 1.29 is 23.2 Å². The number of hydrogen-bond donors (Lipinski definition) is 2. The first-order valence-electron chi connectivity index (χ1n) is 6.93. The van der Waals surface area contributed by atoms with Crippen molar-refractivity contribution in [2.75, 3.05) is 0 Å². The summed E-state index contributed by atoms with van der Waals surface area (Å²) in [6.07, 6.45) is -0.559. The summed E-state index contributed by atoms with van der Waals surface area (Å²) >= 11 is 3.20. The highest BCUT2D eigenvalue weighted by atomic mass is 79.9. The second-order valence-electron chi connectivity index (χ2n) is 5.08. The average molecular weight is 429 g/mol. The zero-order valence-corrected chi connectivity index (χ0v) is 15.0. The van der Waals surface area contributed by atoms with E-state index in [-0.39, 0.29) is 16.1 Å². The van der Waals surface area contributed by atoms with E-state index in [0.717, 1.165) is 6.07 Å². The number of non-ortho nitro benzene ring substituents is 1. The lowest BCUT2D eigenvalue weighted by Crippen LogP contribution is -2.30. The maximum absolute atomic E-state index is 12.5. The third-order valence-electron chi connectivity index (χ3n) is 3.28. The van der Waals surface area contributed by atoms with Gasteiger partial charge in [0.05, 0.1) is 22.3 Å². The van der Waals surface area contributed by atoms with E-state index >= 15 is 0 Å². The Morgan fingerprint density at radius 2 is 1.88 bits per heavy atom. The van der Waals surface area contributed by atoms with Gasteiger partial charge >= 0.3 is 5.97 Å². The monoisotopic (exact) mass is 428 g/mol. The lowest BCUT2D eigenvalue weighted by atomic mass is 10.0. The Kier molecular flexibility index (Phi) is 5.88. The minimum Gasteiger partial charge on any atom is -0.481 e. The molecule has 10 heteroatoms. The number of carboxylic acid groups (broad SMARTS) is 1. The molecule has 0 fully saturated rings. The number of rotatable bonds is 7. The van der Waals surface area contributed by atoms with Crippen molar-refractivity contribution in [2.45, 2.75) is 17.4 Å². The van der Waals surface area contributed by atoms with E-state index < -0.39 is 33.4 Å². The predicted molar refractivity (Wildman–Crippen MR) is 92.6 cm³/mol. The number of benzene rings is 2. The maximum Gasteiger partial charge on any atom is 0.305 e. The number of nitrogens with one attached hydrogen (secondary N) is 1. The van der Waals surface area contributed by atoms with Crippen LogP contribution < -0.4 is 4.72 Å². The molecule has 0 aliphatic heterocycles. The SMILES string of the molecule is O=C(O)CC(NS(=O)(=O)c1ccc(Br)cc1)c1cccc([N+](=O)[O-])c1. The molecule has 0 heterocycles. The first kappa shape index (κ1) is 19.0. The molecule has 8 nitrogen and oxygen atoms in total. The van der Waals surface area contributed by atoms with Crippen molar-refractivity contribution in [3.63, 3.8) is 0 Å². The molecule has 0 radical (unpaired) electrons. The Morgan fingerprint density at radius 3 is 2.44 bits per heavy atom. The highest BCUT2D eigenvalue weighted by molar-refractivity contribution is 9.10. The van der Waals surface area contributed by atoms with Crippen LogP contribution in [0.4, 0.5) is 5.69 Å². The van der Waals surface area contributed by atoms with Gasteiger partial charge in [0.1, 0.15) is 0 Å². The molecular weight excluding hydrogens is 416 g/mol. The quantitative estimate of drug-likeness (QED) is 0.515. The fourth-order valence-electron chi connectivity index (χ4n) is 2.13. The number of carboxylic acids is 1. The summed E-state index contributed by atoms with van der Waals surface area (Å²) in [6, 6.07) is 9.84. The number of aliphatic carboxylic acids is 1. The number of carbonyl (C=O) groups is 1. The number of nitro groups is 1. The second kappa shape index (κ2) is 7.72. The number of hydrogen-bond acceptors (Lipinski definition) is 5. The van der Waals surface area contributed by atoms with Crippen molar-refractivity contribution in [3.8, 4) is 0 Å². The van der Waals surface area contributed by atoms with Gasteiger partial charge in [-0.05, 0) is 29.8 Å². The summed E-state index contributed by atoms with van der Waals surface area (Å²) in [6.45, 7) is 0. The first-order valence-corrected chi connectivity index (χ1v) is 9.21. The zero-order valence-electron chi connectivity index (χ0n) is 12.6. The van der Waals surface area contributed by atoms with E-state index in [9.17, 15) is 23.3 Å². The summed E-state index contributed by atoms with van der Waals surface area (Å²) < 4.78 is 27.9. The minimum atomic E-state index is -4.01. The van der Waals surface area contributed by atoms with Crippen LogP contribution in [0.2, 0.25) is 0 Å².